The SMILES string of the molecule is CCCCCCCC(C)(NCC(C)O)C(=O)O. The maximum absolute atomic E-state index is 11.2. The molecule has 4 heteroatoms. The van der Waals surface area contributed by atoms with Crippen molar-refractivity contribution >= 4 is 5.97 Å². The zero-order valence-corrected chi connectivity index (χ0v) is 11.3. The van der Waals surface area contributed by atoms with Crippen molar-refractivity contribution in [3.63, 3.8) is 0 Å². The highest BCUT2D eigenvalue weighted by Gasteiger charge is 2.31. The number of β-amino-alcohol motifs (C(OH)–C–C–N with tert-alkyl or cyclic N) is 1. The lowest BCUT2D eigenvalue weighted by Crippen LogP contribution is -2.51. The molecule has 0 amide bonds. The van der Waals surface area contributed by atoms with Crippen LogP contribution in [0.1, 0.15) is 59.3 Å². The molecule has 0 aliphatic carbocycles. The van der Waals surface area contributed by atoms with Gasteiger partial charge in [0.15, 0.2) is 0 Å². The van der Waals surface area contributed by atoms with Crippen LogP contribution in [-0.4, -0.2) is 34.4 Å². The van der Waals surface area contributed by atoms with Gasteiger partial charge >= 0.3 is 5.97 Å². The molecular weight excluding hydrogens is 218 g/mol. The molecule has 0 radical (unpaired) electrons. The predicted molar refractivity (Wildman–Crippen MR) is 69.1 cm³/mol. The molecule has 0 aliphatic heterocycles. The Bertz CT molecular complexity index is 219. The summed E-state index contributed by atoms with van der Waals surface area (Å²) in [5, 5.41) is 21.3. The second-order valence-electron chi connectivity index (χ2n) is 5.03. The van der Waals surface area contributed by atoms with Gasteiger partial charge in [0.05, 0.1) is 6.10 Å². The second-order valence-corrected chi connectivity index (χ2v) is 5.03. The zero-order valence-electron chi connectivity index (χ0n) is 11.3. The number of aliphatic hydroxyl groups is 1. The van der Waals surface area contributed by atoms with Crippen LogP contribution >= 0.6 is 0 Å². The van der Waals surface area contributed by atoms with Gasteiger partial charge in [-0.1, -0.05) is 39.0 Å². The van der Waals surface area contributed by atoms with Crippen molar-refractivity contribution in [2.75, 3.05) is 6.54 Å². The van der Waals surface area contributed by atoms with Crippen molar-refractivity contribution < 1.29 is 15.0 Å². The first-order chi connectivity index (χ1) is 7.92. The van der Waals surface area contributed by atoms with E-state index in [2.05, 4.69) is 12.2 Å². The highest BCUT2D eigenvalue weighted by Crippen LogP contribution is 2.16. The van der Waals surface area contributed by atoms with Gasteiger partial charge in [0.1, 0.15) is 5.54 Å². The van der Waals surface area contributed by atoms with E-state index in [1.807, 2.05) is 0 Å². The van der Waals surface area contributed by atoms with Crippen LogP contribution in [-0.2, 0) is 4.79 Å². The number of unbranched alkanes of at least 4 members (excludes halogenated alkanes) is 4. The largest absolute Gasteiger partial charge is 0.480 e. The summed E-state index contributed by atoms with van der Waals surface area (Å²) in [6.45, 7) is 5.82. The van der Waals surface area contributed by atoms with Crippen molar-refractivity contribution in [3.8, 4) is 0 Å². The van der Waals surface area contributed by atoms with Crippen LogP contribution in [0.2, 0.25) is 0 Å². The number of carboxylic acids is 1. The molecule has 102 valence electrons. The molecule has 2 unspecified atom stereocenters. The van der Waals surface area contributed by atoms with E-state index in [4.69, 9.17) is 0 Å². The molecule has 0 rings (SSSR count). The Hall–Kier alpha value is -0.610. The minimum atomic E-state index is -0.913. The molecule has 2 atom stereocenters. The van der Waals surface area contributed by atoms with Crippen LogP contribution in [0.3, 0.4) is 0 Å². The molecular formula is C13H27NO3. The number of aliphatic carboxylic acids is 1. The topological polar surface area (TPSA) is 69.6 Å². The lowest BCUT2D eigenvalue weighted by atomic mass is 9.93. The summed E-state index contributed by atoms with van der Waals surface area (Å²) in [4.78, 5) is 11.2. The average Bonchev–Trinajstić information content (AvgIpc) is 2.26. The Kier molecular flexibility index (Phi) is 8.17. The standard InChI is InChI=1S/C13H27NO3/c1-4-5-6-7-8-9-13(3,12(16)17)14-10-11(2)15/h11,14-15H,4-10H2,1-3H3,(H,16,17). The molecule has 3 N–H and O–H groups in total. The molecule has 17 heavy (non-hydrogen) atoms. The third-order valence-electron chi connectivity index (χ3n) is 3.04. The van der Waals surface area contributed by atoms with Gasteiger partial charge in [-0.2, -0.15) is 0 Å². The molecule has 0 saturated carbocycles. The van der Waals surface area contributed by atoms with Crippen LogP contribution < -0.4 is 5.32 Å². The number of nitrogens with one attached hydrogen (secondary N) is 1. The quantitative estimate of drug-likeness (QED) is 0.516. The minimum absolute atomic E-state index is 0.317. The van der Waals surface area contributed by atoms with Gasteiger partial charge in [0, 0.05) is 6.54 Å². The Morgan fingerprint density at radius 2 is 1.88 bits per heavy atom. The van der Waals surface area contributed by atoms with E-state index >= 15 is 0 Å². The van der Waals surface area contributed by atoms with Crippen molar-refractivity contribution in [2.24, 2.45) is 0 Å². The van der Waals surface area contributed by atoms with E-state index in [1.165, 1.54) is 19.3 Å². The highest BCUT2D eigenvalue weighted by atomic mass is 16.4. The number of rotatable bonds is 10. The third-order valence-corrected chi connectivity index (χ3v) is 3.04. The van der Waals surface area contributed by atoms with Crippen LogP contribution in [0.25, 0.3) is 0 Å². The molecule has 0 fully saturated rings. The van der Waals surface area contributed by atoms with Gasteiger partial charge in [0.2, 0.25) is 0 Å². The smallest absolute Gasteiger partial charge is 0.323 e. The predicted octanol–water partition coefficient (Wildman–Crippen LogP) is 2.16. The summed E-state index contributed by atoms with van der Waals surface area (Å²) in [6.07, 6.45) is 5.65. The van der Waals surface area contributed by atoms with Crippen molar-refractivity contribution in [1.29, 1.82) is 0 Å². The summed E-state index contributed by atoms with van der Waals surface area (Å²) >= 11 is 0. The molecule has 0 bridgehead atoms. The number of carbonyl (C=O) groups is 1. The first-order valence-corrected chi connectivity index (χ1v) is 6.59. The van der Waals surface area contributed by atoms with E-state index < -0.39 is 17.6 Å². The molecule has 0 saturated heterocycles. The minimum Gasteiger partial charge on any atom is -0.480 e. The monoisotopic (exact) mass is 245 g/mol. The molecule has 0 spiro atoms. The first-order valence-electron chi connectivity index (χ1n) is 6.59. The highest BCUT2D eigenvalue weighted by molar-refractivity contribution is 5.78. The molecule has 0 aromatic heterocycles. The summed E-state index contributed by atoms with van der Waals surface area (Å²) in [6, 6.07) is 0. The summed E-state index contributed by atoms with van der Waals surface area (Å²) < 4.78 is 0. The molecule has 0 aliphatic rings. The fourth-order valence-electron chi connectivity index (χ4n) is 1.73. The van der Waals surface area contributed by atoms with E-state index in [9.17, 15) is 15.0 Å². The fraction of sp³-hybridized carbons (Fsp3) is 0.923. The Morgan fingerprint density at radius 1 is 1.29 bits per heavy atom. The second kappa shape index (κ2) is 8.48. The van der Waals surface area contributed by atoms with E-state index in [-0.39, 0.29) is 0 Å². The van der Waals surface area contributed by atoms with Crippen LogP contribution in [0.15, 0.2) is 0 Å². The summed E-state index contributed by atoms with van der Waals surface area (Å²) in [5.74, 6) is -0.839. The fourth-order valence-corrected chi connectivity index (χ4v) is 1.73. The van der Waals surface area contributed by atoms with Gasteiger partial charge in [-0.15, -0.1) is 0 Å². The number of carboxylic acid groups (broad SMARTS) is 1. The van der Waals surface area contributed by atoms with Crippen LogP contribution in [0.4, 0.5) is 0 Å². The van der Waals surface area contributed by atoms with Gasteiger partial charge in [-0.3, -0.25) is 10.1 Å². The number of hydrogen-bond acceptors (Lipinski definition) is 3. The summed E-state index contributed by atoms with van der Waals surface area (Å²) in [5.41, 5.74) is -0.913. The molecule has 4 nitrogen and oxygen atoms in total. The average molecular weight is 245 g/mol. The number of hydrogen-bond donors (Lipinski definition) is 3. The zero-order chi connectivity index (χ0) is 13.3. The van der Waals surface area contributed by atoms with Gasteiger partial charge < -0.3 is 10.2 Å². The number of aliphatic hydroxyl groups excluding tert-OH is 1. The summed E-state index contributed by atoms with van der Waals surface area (Å²) in [7, 11) is 0. The maximum Gasteiger partial charge on any atom is 0.323 e. The third kappa shape index (κ3) is 7.34. The molecule has 0 heterocycles. The lowest BCUT2D eigenvalue weighted by Gasteiger charge is -2.27. The maximum atomic E-state index is 11.2. The lowest BCUT2D eigenvalue weighted by molar-refractivity contribution is -0.144. The van der Waals surface area contributed by atoms with Crippen molar-refractivity contribution in [2.45, 2.75) is 70.9 Å². The molecule has 0 aromatic carbocycles. The van der Waals surface area contributed by atoms with E-state index in [0.29, 0.717) is 13.0 Å². The van der Waals surface area contributed by atoms with Gasteiger partial charge in [-0.25, -0.2) is 0 Å². The Labute approximate surface area is 104 Å². The normalized spacial score (nSPS) is 16.5. The van der Waals surface area contributed by atoms with Crippen LogP contribution in [0.5, 0.6) is 0 Å². The molecule has 0 aromatic rings. The van der Waals surface area contributed by atoms with Gasteiger partial charge in [-0.05, 0) is 20.3 Å². The van der Waals surface area contributed by atoms with E-state index in [0.717, 1.165) is 12.8 Å². The van der Waals surface area contributed by atoms with Gasteiger partial charge in [0.25, 0.3) is 0 Å². The Morgan fingerprint density at radius 3 is 2.35 bits per heavy atom. The van der Waals surface area contributed by atoms with Crippen LogP contribution in [0, 0.1) is 0 Å². The van der Waals surface area contributed by atoms with Crippen molar-refractivity contribution in [1.82, 2.24) is 5.32 Å². The Balaban J connectivity index is 3.99. The van der Waals surface area contributed by atoms with Crippen molar-refractivity contribution in [3.05, 3.63) is 0 Å². The first kappa shape index (κ1) is 16.4. The van der Waals surface area contributed by atoms with E-state index in [1.54, 1.807) is 13.8 Å².